The number of para-hydroxylation sites is 1. The zero-order valence-corrected chi connectivity index (χ0v) is 20.9. The number of anilines is 2. The summed E-state index contributed by atoms with van der Waals surface area (Å²) in [6, 6.07) is 25.1. The maximum Gasteiger partial charge on any atom is 0.254 e. The van der Waals surface area contributed by atoms with Gasteiger partial charge < -0.3 is 14.5 Å². The summed E-state index contributed by atoms with van der Waals surface area (Å²) in [6.45, 7) is 5.23. The number of hydrogen-bond donors (Lipinski definition) is 0. The summed E-state index contributed by atoms with van der Waals surface area (Å²) in [7, 11) is 1.68. The molecular weight excluding hydrogens is 446 g/mol. The van der Waals surface area contributed by atoms with Gasteiger partial charge in [0.2, 0.25) is 0 Å². The van der Waals surface area contributed by atoms with E-state index in [1.165, 1.54) is 24.0 Å². The topological polar surface area (TPSA) is 36.0 Å². The first-order valence-corrected chi connectivity index (χ1v) is 13.0. The van der Waals surface area contributed by atoms with Gasteiger partial charge in [0, 0.05) is 55.9 Å². The summed E-state index contributed by atoms with van der Waals surface area (Å²) in [4.78, 5) is 20.2. The molecule has 2 fully saturated rings. The Hall–Kier alpha value is -3.57. The zero-order chi connectivity index (χ0) is 24.5. The molecule has 0 bridgehead atoms. The van der Waals surface area contributed by atoms with E-state index in [2.05, 4.69) is 76.5 Å². The van der Waals surface area contributed by atoms with Crippen LogP contribution < -0.4 is 9.64 Å². The van der Waals surface area contributed by atoms with Crippen molar-refractivity contribution < 1.29 is 9.53 Å². The molecule has 36 heavy (non-hydrogen) atoms. The van der Waals surface area contributed by atoms with Crippen molar-refractivity contribution >= 4 is 23.4 Å². The van der Waals surface area contributed by atoms with Crippen molar-refractivity contribution in [3.63, 3.8) is 0 Å². The minimum atomic E-state index is 0.0858. The predicted molar refractivity (Wildman–Crippen MR) is 145 cm³/mol. The molecule has 3 aliphatic rings. The molecule has 6 rings (SSSR count). The highest BCUT2D eigenvalue weighted by atomic mass is 16.5. The second-order valence-corrected chi connectivity index (χ2v) is 10.2. The predicted octanol–water partition coefficient (Wildman–Crippen LogP) is 5.35. The molecule has 5 heteroatoms. The summed E-state index contributed by atoms with van der Waals surface area (Å²) in [6.07, 6.45) is 6.84. The fourth-order valence-corrected chi connectivity index (χ4v) is 5.72. The first kappa shape index (κ1) is 22.9. The van der Waals surface area contributed by atoms with Crippen molar-refractivity contribution in [2.75, 3.05) is 51.3 Å². The lowest BCUT2D eigenvalue weighted by Crippen LogP contribution is -2.50. The Morgan fingerprint density at radius 2 is 1.64 bits per heavy atom. The van der Waals surface area contributed by atoms with Crippen molar-refractivity contribution in [2.24, 2.45) is 0 Å². The number of methoxy groups -OCH3 is 1. The third kappa shape index (κ3) is 4.28. The lowest BCUT2D eigenvalue weighted by atomic mass is 9.95. The number of hydrogen-bond acceptors (Lipinski definition) is 4. The van der Waals surface area contributed by atoms with Crippen LogP contribution in [-0.2, 0) is 5.41 Å². The quantitative estimate of drug-likeness (QED) is 0.478. The zero-order valence-electron chi connectivity index (χ0n) is 20.9. The minimum absolute atomic E-state index is 0.0858. The Bertz CT molecular complexity index is 1270. The Kier molecular flexibility index (Phi) is 6.02. The first-order chi connectivity index (χ1) is 17.7. The second kappa shape index (κ2) is 9.47. The van der Waals surface area contributed by atoms with Gasteiger partial charge in [-0.25, -0.2) is 0 Å². The van der Waals surface area contributed by atoms with E-state index in [0.29, 0.717) is 11.0 Å². The third-order valence-electron chi connectivity index (χ3n) is 7.96. The number of benzene rings is 3. The van der Waals surface area contributed by atoms with Crippen LogP contribution in [0.4, 0.5) is 11.4 Å². The average molecular weight is 480 g/mol. The molecule has 2 heterocycles. The number of piperazine rings is 1. The summed E-state index contributed by atoms with van der Waals surface area (Å²) in [5, 5.41) is 0. The van der Waals surface area contributed by atoms with Crippen molar-refractivity contribution in [3.8, 4) is 5.75 Å². The highest BCUT2D eigenvalue weighted by Gasteiger charge is 2.45. The Labute approximate surface area is 213 Å². The van der Waals surface area contributed by atoms with Crippen LogP contribution in [0.2, 0.25) is 0 Å². The largest absolute Gasteiger partial charge is 0.495 e. The number of rotatable bonds is 6. The Morgan fingerprint density at radius 1 is 0.889 bits per heavy atom. The molecule has 0 unspecified atom stereocenters. The molecule has 2 aliphatic heterocycles. The van der Waals surface area contributed by atoms with Gasteiger partial charge in [-0.1, -0.05) is 60.7 Å². The Balaban J connectivity index is 1.13. The highest BCUT2D eigenvalue weighted by Crippen LogP contribution is 2.48. The molecule has 5 nitrogen and oxygen atoms in total. The van der Waals surface area contributed by atoms with E-state index in [-0.39, 0.29) is 5.91 Å². The molecule has 1 aliphatic carbocycles. The lowest BCUT2D eigenvalue weighted by Gasteiger charge is -2.37. The standard InChI is InChI=1S/C31H33N3O2/c1-36-29-22-25(13-14-28(29)34-17-7-9-24-8-5-6-12-27(24)34)30(35)33-20-18-32(19-21-33)23-31(15-16-31)26-10-3-2-4-11-26/h2-14,22H,15-21,23H2,1H3. The molecule has 3 aromatic carbocycles. The molecule has 1 saturated carbocycles. The molecule has 1 amide bonds. The van der Waals surface area contributed by atoms with Crippen LogP contribution in [0, 0.1) is 0 Å². The normalized spacial score (nSPS) is 18.6. The van der Waals surface area contributed by atoms with E-state index in [9.17, 15) is 4.79 Å². The van der Waals surface area contributed by atoms with Gasteiger partial charge in [-0.15, -0.1) is 0 Å². The van der Waals surface area contributed by atoms with Crippen molar-refractivity contribution in [2.45, 2.75) is 18.3 Å². The molecule has 3 aromatic rings. The van der Waals surface area contributed by atoms with Gasteiger partial charge in [0.1, 0.15) is 5.75 Å². The van der Waals surface area contributed by atoms with Gasteiger partial charge in [-0.2, -0.15) is 0 Å². The van der Waals surface area contributed by atoms with Crippen LogP contribution in [-0.4, -0.2) is 62.1 Å². The van der Waals surface area contributed by atoms with E-state index in [0.717, 1.165) is 56.4 Å². The molecule has 0 radical (unpaired) electrons. The maximum atomic E-state index is 13.4. The fourth-order valence-electron chi connectivity index (χ4n) is 5.72. The first-order valence-electron chi connectivity index (χ1n) is 13.0. The van der Waals surface area contributed by atoms with Crippen molar-refractivity contribution in [1.29, 1.82) is 0 Å². The molecule has 184 valence electrons. The number of amides is 1. The third-order valence-corrected chi connectivity index (χ3v) is 7.96. The highest BCUT2D eigenvalue weighted by molar-refractivity contribution is 5.96. The van der Waals surface area contributed by atoms with E-state index >= 15 is 0 Å². The van der Waals surface area contributed by atoms with Crippen LogP contribution in [0.5, 0.6) is 5.75 Å². The van der Waals surface area contributed by atoms with Crippen LogP contribution in [0.15, 0.2) is 78.9 Å². The Morgan fingerprint density at radius 3 is 2.39 bits per heavy atom. The van der Waals surface area contributed by atoms with Crippen molar-refractivity contribution in [1.82, 2.24) is 9.80 Å². The van der Waals surface area contributed by atoms with Gasteiger partial charge in [-0.3, -0.25) is 9.69 Å². The minimum Gasteiger partial charge on any atom is -0.495 e. The van der Waals surface area contributed by atoms with E-state index < -0.39 is 0 Å². The average Bonchev–Trinajstić information content (AvgIpc) is 3.73. The van der Waals surface area contributed by atoms with Crippen molar-refractivity contribution in [3.05, 3.63) is 95.6 Å². The molecular formula is C31H33N3O2. The number of carbonyl (C=O) groups excluding carboxylic acids is 1. The smallest absolute Gasteiger partial charge is 0.254 e. The molecule has 0 aromatic heterocycles. The number of fused-ring (bicyclic) bond motifs is 1. The van der Waals surface area contributed by atoms with Gasteiger partial charge >= 0.3 is 0 Å². The van der Waals surface area contributed by atoms with Gasteiger partial charge in [0.15, 0.2) is 0 Å². The van der Waals surface area contributed by atoms with Crippen LogP contribution >= 0.6 is 0 Å². The summed E-state index contributed by atoms with van der Waals surface area (Å²) in [5.41, 5.74) is 5.78. The monoisotopic (exact) mass is 479 g/mol. The molecule has 0 spiro atoms. The van der Waals surface area contributed by atoms with E-state index in [1.807, 2.05) is 23.1 Å². The van der Waals surface area contributed by atoms with Crippen LogP contribution in [0.1, 0.15) is 34.3 Å². The number of ether oxygens (including phenoxy) is 1. The van der Waals surface area contributed by atoms with Gasteiger partial charge in [0.25, 0.3) is 5.91 Å². The lowest BCUT2D eigenvalue weighted by molar-refractivity contribution is 0.0625. The maximum absolute atomic E-state index is 13.4. The summed E-state index contributed by atoms with van der Waals surface area (Å²) in [5.74, 6) is 0.811. The van der Waals surface area contributed by atoms with E-state index in [4.69, 9.17) is 4.74 Å². The number of nitrogens with zero attached hydrogens (tertiary/aromatic N) is 3. The fraction of sp³-hybridized carbons (Fsp3) is 0.323. The van der Waals surface area contributed by atoms with Gasteiger partial charge in [0.05, 0.1) is 12.8 Å². The second-order valence-electron chi connectivity index (χ2n) is 10.2. The molecule has 0 atom stereocenters. The van der Waals surface area contributed by atoms with Gasteiger partial charge in [-0.05, 0) is 48.2 Å². The summed E-state index contributed by atoms with van der Waals surface area (Å²) < 4.78 is 5.77. The number of carbonyl (C=O) groups is 1. The van der Waals surface area contributed by atoms with Crippen LogP contribution in [0.25, 0.3) is 6.08 Å². The SMILES string of the molecule is COc1cc(C(=O)N2CCN(CC3(c4ccccc4)CC3)CC2)ccc1N1CC=Cc2ccccc21. The van der Waals surface area contributed by atoms with E-state index in [1.54, 1.807) is 7.11 Å². The van der Waals surface area contributed by atoms with Crippen LogP contribution in [0.3, 0.4) is 0 Å². The molecule has 1 saturated heterocycles. The summed E-state index contributed by atoms with van der Waals surface area (Å²) >= 11 is 0. The molecule has 0 N–H and O–H groups in total.